The summed E-state index contributed by atoms with van der Waals surface area (Å²) in [6.07, 6.45) is 0.368. The van der Waals surface area contributed by atoms with Gasteiger partial charge in [0, 0.05) is 5.69 Å². The smallest absolute Gasteiger partial charge is 0.335 e. The Hall–Kier alpha value is -3.27. The second kappa shape index (κ2) is 7.33. The third-order valence-electron chi connectivity index (χ3n) is 3.04. The van der Waals surface area contributed by atoms with E-state index in [-0.39, 0.29) is 23.0 Å². The molecule has 0 spiro atoms. The van der Waals surface area contributed by atoms with Crippen LogP contribution < -0.4 is 10.6 Å². The van der Waals surface area contributed by atoms with Crippen molar-refractivity contribution in [1.29, 1.82) is 0 Å². The van der Waals surface area contributed by atoms with E-state index in [1.165, 1.54) is 24.3 Å². The lowest BCUT2D eigenvalue weighted by Crippen LogP contribution is -2.19. The minimum Gasteiger partial charge on any atom is -0.478 e. The normalized spacial score (nSPS) is 11.6. The molecule has 2 aromatic rings. The molecular weight excluding hydrogens is 318 g/mol. The summed E-state index contributed by atoms with van der Waals surface area (Å²) in [6, 6.07) is 5.83. The van der Waals surface area contributed by atoms with Gasteiger partial charge < -0.3 is 20.8 Å². The summed E-state index contributed by atoms with van der Waals surface area (Å²) in [4.78, 5) is 29.0. The Kier molecular flexibility index (Phi) is 5.22. The van der Waals surface area contributed by atoms with Gasteiger partial charge >= 0.3 is 11.7 Å². The van der Waals surface area contributed by atoms with Gasteiger partial charge in [-0.2, -0.15) is 4.98 Å². The van der Waals surface area contributed by atoms with Gasteiger partial charge in [-0.1, -0.05) is 6.92 Å². The molecule has 0 saturated carbocycles. The number of carboxylic acids is 1. The molecule has 2 rings (SSSR count). The maximum absolute atomic E-state index is 11.0. The van der Waals surface area contributed by atoms with Crippen molar-refractivity contribution in [3.63, 3.8) is 0 Å². The van der Waals surface area contributed by atoms with Crippen molar-refractivity contribution in [2.75, 3.05) is 10.6 Å². The first kappa shape index (κ1) is 17.1. The minimum atomic E-state index is -1.05. The highest BCUT2D eigenvalue weighted by molar-refractivity contribution is 5.88. The fourth-order valence-electron chi connectivity index (χ4n) is 1.76. The van der Waals surface area contributed by atoms with E-state index in [1.54, 1.807) is 6.92 Å². The maximum Gasteiger partial charge on any atom is 0.335 e. The van der Waals surface area contributed by atoms with Crippen LogP contribution in [0.25, 0.3) is 0 Å². The number of hydrogen-bond donors (Lipinski definition) is 4. The average Bonchev–Trinajstić information content (AvgIpc) is 2.55. The van der Waals surface area contributed by atoms with Gasteiger partial charge in [0.1, 0.15) is 12.4 Å². The van der Waals surface area contributed by atoms with Crippen molar-refractivity contribution in [2.24, 2.45) is 0 Å². The molecular formula is C14H15N5O5. The highest BCUT2D eigenvalue weighted by atomic mass is 16.6. The average molecular weight is 333 g/mol. The van der Waals surface area contributed by atoms with E-state index in [1.807, 2.05) is 0 Å². The fourth-order valence-corrected chi connectivity index (χ4v) is 1.76. The number of nitrogens with one attached hydrogen (secondary N) is 2. The predicted octanol–water partition coefficient (Wildman–Crippen LogP) is 1.97. The van der Waals surface area contributed by atoms with E-state index in [4.69, 9.17) is 5.11 Å². The van der Waals surface area contributed by atoms with Gasteiger partial charge in [0.15, 0.2) is 0 Å². The molecule has 0 aliphatic rings. The summed E-state index contributed by atoms with van der Waals surface area (Å²) >= 11 is 0. The van der Waals surface area contributed by atoms with Crippen LogP contribution in [0.1, 0.15) is 23.7 Å². The van der Waals surface area contributed by atoms with Crippen LogP contribution in [0.15, 0.2) is 30.5 Å². The van der Waals surface area contributed by atoms with Crippen LogP contribution in [-0.4, -0.2) is 37.3 Å². The lowest BCUT2D eigenvalue weighted by Gasteiger charge is -2.12. The number of rotatable bonds is 7. The molecule has 1 atom stereocenters. The van der Waals surface area contributed by atoms with Crippen molar-refractivity contribution in [3.05, 3.63) is 46.1 Å². The van der Waals surface area contributed by atoms with Gasteiger partial charge in [0.05, 0.1) is 10.5 Å². The standard InChI is InChI=1S/C14H15N5O5/c1-2-11(20)17-12-10(19(23)24)7-15-14(18-12)16-9-5-3-8(4-6-9)13(21)22/h3-7,11,20H,2H2,1H3,(H,21,22)(H2,15,16,17,18). The van der Waals surface area contributed by atoms with Gasteiger partial charge in [0.25, 0.3) is 0 Å². The van der Waals surface area contributed by atoms with Crippen molar-refractivity contribution in [3.8, 4) is 0 Å². The van der Waals surface area contributed by atoms with Gasteiger partial charge in [0.2, 0.25) is 11.8 Å². The zero-order valence-corrected chi connectivity index (χ0v) is 12.6. The molecule has 0 bridgehead atoms. The molecule has 4 N–H and O–H groups in total. The molecule has 24 heavy (non-hydrogen) atoms. The number of anilines is 3. The second-order valence-corrected chi connectivity index (χ2v) is 4.76. The Morgan fingerprint density at radius 3 is 2.58 bits per heavy atom. The molecule has 1 aromatic heterocycles. The Labute approximate surface area is 136 Å². The van der Waals surface area contributed by atoms with Crippen molar-refractivity contribution < 1.29 is 19.9 Å². The largest absolute Gasteiger partial charge is 0.478 e. The Morgan fingerprint density at radius 1 is 1.38 bits per heavy atom. The number of carbonyl (C=O) groups is 1. The van der Waals surface area contributed by atoms with E-state index in [2.05, 4.69) is 20.6 Å². The third kappa shape index (κ3) is 4.14. The molecule has 1 heterocycles. The maximum atomic E-state index is 11.0. The lowest BCUT2D eigenvalue weighted by molar-refractivity contribution is -0.384. The monoisotopic (exact) mass is 333 g/mol. The molecule has 0 radical (unpaired) electrons. The van der Waals surface area contributed by atoms with Crippen molar-refractivity contribution >= 4 is 29.1 Å². The highest BCUT2D eigenvalue weighted by Crippen LogP contribution is 2.24. The zero-order chi connectivity index (χ0) is 17.7. The Bertz CT molecular complexity index is 750. The van der Waals surface area contributed by atoms with E-state index >= 15 is 0 Å². The Morgan fingerprint density at radius 2 is 2.04 bits per heavy atom. The van der Waals surface area contributed by atoms with Gasteiger partial charge in [-0.3, -0.25) is 10.1 Å². The van der Waals surface area contributed by atoms with Crippen LogP contribution in [0, 0.1) is 10.1 Å². The summed E-state index contributed by atoms with van der Waals surface area (Å²) in [6.45, 7) is 1.70. The van der Waals surface area contributed by atoms with Gasteiger partial charge in [-0.25, -0.2) is 9.78 Å². The van der Waals surface area contributed by atoms with Crippen molar-refractivity contribution in [2.45, 2.75) is 19.6 Å². The van der Waals surface area contributed by atoms with E-state index in [0.29, 0.717) is 12.1 Å². The second-order valence-electron chi connectivity index (χ2n) is 4.76. The zero-order valence-electron chi connectivity index (χ0n) is 12.6. The van der Waals surface area contributed by atoms with Crippen LogP contribution in [0.5, 0.6) is 0 Å². The summed E-state index contributed by atoms with van der Waals surface area (Å²) in [5, 5.41) is 34.8. The van der Waals surface area contributed by atoms with Crippen LogP contribution in [0.2, 0.25) is 0 Å². The fraction of sp³-hybridized carbons (Fsp3) is 0.214. The van der Waals surface area contributed by atoms with E-state index < -0.39 is 17.1 Å². The number of benzene rings is 1. The molecule has 0 aliphatic heterocycles. The number of aliphatic hydroxyl groups excluding tert-OH is 1. The summed E-state index contributed by atoms with van der Waals surface area (Å²) in [7, 11) is 0. The first-order chi connectivity index (χ1) is 11.4. The molecule has 1 unspecified atom stereocenters. The highest BCUT2D eigenvalue weighted by Gasteiger charge is 2.19. The number of aliphatic hydroxyl groups is 1. The molecule has 0 fully saturated rings. The number of nitro groups is 1. The number of hydrogen-bond acceptors (Lipinski definition) is 8. The summed E-state index contributed by atoms with van der Waals surface area (Å²) in [5.74, 6) is -1.10. The Balaban J connectivity index is 2.25. The number of carboxylic acid groups (broad SMARTS) is 1. The van der Waals surface area contributed by atoms with E-state index in [0.717, 1.165) is 6.20 Å². The minimum absolute atomic E-state index is 0.0643. The molecule has 1 aromatic carbocycles. The van der Waals surface area contributed by atoms with E-state index in [9.17, 15) is 20.0 Å². The molecule has 0 aliphatic carbocycles. The predicted molar refractivity (Wildman–Crippen MR) is 85.3 cm³/mol. The van der Waals surface area contributed by atoms with Crippen molar-refractivity contribution in [1.82, 2.24) is 9.97 Å². The molecule has 126 valence electrons. The lowest BCUT2D eigenvalue weighted by atomic mass is 10.2. The molecule has 10 heteroatoms. The molecule has 0 saturated heterocycles. The topological polar surface area (TPSA) is 151 Å². The van der Waals surface area contributed by atoms with Crippen LogP contribution in [-0.2, 0) is 0 Å². The number of aromatic carboxylic acids is 1. The van der Waals surface area contributed by atoms with Gasteiger partial charge in [-0.05, 0) is 30.7 Å². The van der Waals surface area contributed by atoms with Gasteiger partial charge in [-0.15, -0.1) is 0 Å². The first-order valence-corrected chi connectivity index (χ1v) is 6.97. The number of nitrogens with zero attached hydrogens (tertiary/aromatic N) is 3. The van der Waals surface area contributed by atoms with Crippen LogP contribution in [0.3, 0.4) is 0 Å². The van der Waals surface area contributed by atoms with Crippen LogP contribution in [0.4, 0.5) is 23.1 Å². The quantitative estimate of drug-likeness (QED) is 0.338. The summed E-state index contributed by atoms with van der Waals surface area (Å²) in [5.41, 5.74) is 0.267. The molecule has 10 nitrogen and oxygen atoms in total. The van der Waals surface area contributed by atoms with Crippen LogP contribution >= 0.6 is 0 Å². The first-order valence-electron chi connectivity index (χ1n) is 6.97. The third-order valence-corrected chi connectivity index (χ3v) is 3.04. The SMILES string of the molecule is CCC(O)Nc1nc(Nc2ccc(C(=O)O)cc2)ncc1[N+](=O)[O-]. The summed E-state index contributed by atoms with van der Waals surface area (Å²) < 4.78 is 0. The molecule has 0 amide bonds. The number of aromatic nitrogens is 2.